The SMILES string of the molecule is CCS(=O)(=O)CCNc1cc(C#N)cc(C)n1. The smallest absolute Gasteiger partial charge is 0.151 e. The van der Waals surface area contributed by atoms with Crippen LogP contribution >= 0.6 is 0 Å². The van der Waals surface area contributed by atoms with Gasteiger partial charge in [0.2, 0.25) is 0 Å². The van der Waals surface area contributed by atoms with Crippen molar-refractivity contribution in [3.05, 3.63) is 23.4 Å². The summed E-state index contributed by atoms with van der Waals surface area (Å²) in [5.74, 6) is 0.744. The van der Waals surface area contributed by atoms with Gasteiger partial charge in [0.15, 0.2) is 9.84 Å². The van der Waals surface area contributed by atoms with Crippen LogP contribution in [0.3, 0.4) is 0 Å². The molecule has 0 amide bonds. The van der Waals surface area contributed by atoms with E-state index in [9.17, 15) is 8.42 Å². The molecule has 1 heterocycles. The van der Waals surface area contributed by atoms with Gasteiger partial charge in [0.1, 0.15) is 5.82 Å². The normalized spacial score (nSPS) is 10.9. The molecule has 1 aromatic heterocycles. The van der Waals surface area contributed by atoms with Crippen molar-refractivity contribution in [3.8, 4) is 6.07 Å². The van der Waals surface area contributed by atoms with Gasteiger partial charge in [-0.3, -0.25) is 0 Å². The molecule has 0 unspecified atom stereocenters. The van der Waals surface area contributed by atoms with Gasteiger partial charge in [-0.1, -0.05) is 6.92 Å². The van der Waals surface area contributed by atoms with Gasteiger partial charge in [-0.15, -0.1) is 0 Å². The van der Waals surface area contributed by atoms with E-state index in [0.717, 1.165) is 5.69 Å². The van der Waals surface area contributed by atoms with Crippen LogP contribution in [0.4, 0.5) is 5.82 Å². The van der Waals surface area contributed by atoms with E-state index in [4.69, 9.17) is 5.26 Å². The molecule has 92 valence electrons. The summed E-state index contributed by atoms with van der Waals surface area (Å²) in [6.07, 6.45) is 0. The van der Waals surface area contributed by atoms with Crippen molar-refractivity contribution >= 4 is 15.7 Å². The molecular weight excluding hydrogens is 238 g/mol. The number of nitriles is 1. The number of anilines is 1. The fourth-order valence-corrected chi connectivity index (χ4v) is 2.00. The van der Waals surface area contributed by atoms with Crippen molar-refractivity contribution in [2.75, 3.05) is 23.4 Å². The number of aryl methyl sites for hydroxylation is 1. The highest BCUT2D eigenvalue weighted by Crippen LogP contribution is 2.08. The first kappa shape index (κ1) is 13.5. The Morgan fingerprint density at radius 3 is 2.76 bits per heavy atom. The lowest BCUT2D eigenvalue weighted by molar-refractivity contribution is 0.597. The van der Waals surface area contributed by atoms with Gasteiger partial charge in [0, 0.05) is 18.0 Å². The number of aromatic nitrogens is 1. The minimum absolute atomic E-state index is 0.0704. The molecular formula is C11H15N3O2S. The van der Waals surface area contributed by atoms with E-state index in [-0.39, 0.29) is 11.5 Å². The molecule has 0 saturated carbocycles. The molecule has 0 saturated heterocycles. The summed E-state index contributed by atoms with van der Waals surface area (Å²) in [5.41, 5.74) is 1.24. The summed E-state index contributed by atoms with van der Waals surface area (Å²) in [4.78, 5) is 4.17. The molecule has 0 fully saturated rings. The standard InChI is InChI=1S/C11H15N3O2S/c1-3-17(15,16)5-4-13-11-7-10(8-12)6-9(2)14-11/h6-7H,3-5H2,1-2H3,(H,13,14). The summed E-state index contributed by atoms with van der Waals surface area (Å²) in [5, 5.41) is 11.7. The predicted octanol–water partition coefficient (Wildman–Crippen LogP) is 1.11. The average Bonchev–Trinajstić information content (AvgIpc) is 2.28. The summed E-state index contributed by atoms with van der Waals surface area (Å²) >= 11 is 0. The zero-order chi connectivity index (χ0) is 12.9. The highest BCUT2D eigenvalue weighted by atomic mass is 32.2. The van der Waals surface area contributed by atoms with Crippen LogP contribution < -0.4 is 5.32 Å². The molecule has 1 rings (SSSR count). The second-order valence-electron chi connectivity index (χ2n) is 3.66. The van der Waals surface area contributed by atoms with E-state index in [1.165, 1.54) is 0 Å². The maximum Gasteiger partial charge on any atom is 0.151 e. The summed E-state index contributed by atoms with van der Waals surface area (Å²) < 4.78 is 22.5. The Hall–Kier alpha value is -1.61. The first-order valence-corrected chi connectivity index (χ1v) is 7.12. The molecule has 0 aliphatic heterocycles. The van der Waals surface area contributed by atoms with Gasteiger partial charge >= 0.3 is 0 Å². The van der Waals surface area contributed by atoms with Crippen molar-refractivity contribution < 1.29 is 8.42 Å². The summed E-state index contributed by atoms with van der Waals surface area (Å²) in [6.45, 7) is 3.71. The van der Waals surface area contributed by atoms with Crippen LogP contribution in [0.25, 0.3) is 0 Å². The topological polar surface area (TPSA) is 82.9 Å². The van der Waals surface area contributed by atoms with Crippen molar-refractivity contribution in [2.45, 2.75) is 13.8 Å². The molecule has 5 nitrogen and oxygen atoms in total. The van der Waals surface area contributed by atoms with Crippen molar-refractivity contribution in [2.24, 2.45) is 0 Å². The third kappa shape index (κ3) is 4.41. The number of pyridine rings is 1. The number of rotatable bonds is 5. The second-order valence-corrected chi connectivity index (χ2v) is 6.13. The zero-order valence-corrected chi connectivity index (χ0v) is 10.7. The van der Waals surface area contributed by atoms with Gasteiger partial charge < -0.3 is 5.32 Å². The van der Waals surface area contributed by atoms with E-state index in [2.05, 4.69) is 10.3 Å². The Labute approximate surface area is 101 Å². The highest BCUT2D eigenvalue weighted by Gasteiger charge is 2.07. The zero-order valence-electron chi connectivity index (χ0n) is 9.90. The molecule has 0 aliphatic rings. The minimum atomic E-state index is -2.97. The van der Waals surface area contributed by atoms with Crippen LogP contribution in [-0.4, -0.2) is 31.5 Å². The maximum absolute atomic E-state index is 11.3. The van der Waals surface area contributed by atoms with Crippen LogP contribution in [0.2, 0.25) is 0 Å². The van der Waals surface area contributed by atoms with Crippen LogP contribution in [0.15, 0.2) is 12.1 Å². The van der Waals surface area contributed by atoms with E-state index in [1.807, 2.05) is 6.07 Å². The Balaban J connectivity index is 2.65. The van der Waals surface area contributed by atoms with Gasteiger partial charge in [-0.25, -0.2) is 13.4 Å². The maximum atomic E-state index is 11.3. The van der Waals surface area contributed by atoms with Crippen LogP contribution in [0.1, 0.15) is 18.2 Å². The molecule has 0 bridgehead atoms. The van der Waals surface area contributed by atoms with Crippen molar-refractivity contribution in [1.82, 2.24) is 4.98 Å². The number of nitrogens with one attached hydrogen (secondary N) is 1. The van der Waals surface area contributed by atoms with Gasteiger partial charge in [-0.2, -0.15) is 5.26 Å². The van der Waals surface area contributed by atoms with E-state index < -0.39 is 9.84 Å². The molecule has 0 aromatic carbocycles. The highest BCUT2D eigenvalue weighted by molar-refractivity contribution is 7.91. The van der Waals surface area contributed by atoms with Gasteiger partial charge in [0.05, 0.1) is 17.4 Å². The predicted molar refractivity (Wildman–Crippen MR) is 66.5 cm³/mol. The Morgan fingerprint density at radius 2 is 2.18 bits per heavy atom. The first-order valence-electron chi connectivity index (χ1n) is 5.30. The minimum Gasteiger partial charge on any atom is -0.369 e. The lowest BCUT2D eigenvalue weighted by Gasteiger charge is -2.06. The van der Waals surface area contributed by atoms with Crippen LogP contribution in [0.5, 0.6) is 0 Å². The molecule has 0 radical (unpaired) electrons. The fourth-order valence-electron chi connectivity index (χ4n) is 1.30. The average molecular weight is 253 g/mol. The molecule has 6 heteroatoms. The van der Waals surface area contributed by atoms with Crippen molar-refractivity contribution in [3.63, 3.8) is 0 Å². The molecule has 1 aromatic rings. The van der Waals surface area contributed by atoms with Crippen LogP contribution in [0, 0.1) is 18.3 Å². The molecule has 0 atom stereocenters. The summed E-state index contributed by atoms with van der Waals surface area (Å²) in [6, 6.07) is 5.31. The fraction of sp³-hybridized carbons (Fsp3) is 0.455. The van der Waals surface area contributed by atoms with Crippen LogP contribution in [-0.2, 0) is 9.84 Å². The largest absolute Gasteiger partial charge is 0.369 e. The Morgan fingerprint density at radius 1 is 1.47 bits per heavy atom. The Kier molecular flexibility index (Phi) is 4.46. The van der Waals surface area contributed by atoms with Crippen molar-refractivity contribution in [1.29, 1.82) is 5.26 Å². The number of hydrogen-bond acceptors (Lipinski definition) is 5. The quantitative estimate of drug-likeness (QED) is 0.849. The van der Waals surface area contributed by atoms with Gasteiger partial charge in [0.25, 0.3) is 0 Å². The summed E-state index contributed by atoms with van der Waals surface area (Å²) in [7, 11) is -2.97. The third-order valence-corrected chi connectivity index (χ3v) is 3.95. The second kappa shape index (κ2) is 5.64. The lowest BCUT2D eigenvalue weighted by atomic mass is 10.2. The lowest BCUT2D eigenvalue weighted by Crippen LogP contribution is -2.17. The molecule has 17 heavy (non-hydrogen) atoms. The monoisotopic (exact) mass is 253 g/mol. The number of nitrogens with zero attached hydrogens (tertiary/aromatic N) is 2. The first-order chi connectivity index (χ1) is 7.96. The molecule has 1 N–H and O–H groups in total. The molecule has 0 spiro atoms. The Bertz CT molecular complexity index is 532. The van der Waals surface area contributed by atoms with Gasteiger partial charge in [-0.05, 0) is 19.1 Å². The number of sulfone groups is 1. The van der Waals surface area contributed by atoms with E-state index >= 15 is 0 Å². The van der Waals surface area contributed by atoms with E-state index in [1.54, 1.807) is 26.0 Å². The number of hydrogen-bond donors (Lipinski definition) is 1. The molecule has 0 aliphatic carbocycles. The third-order valence-electron chi connectivity index (χ3n) is 2.24. The van der Waals surface area contributed by atoms with E-state index in [0.29, 0.717) is 17.9 Å².